The number of benzene rings is 5. The first-order valence-corrected chi connectivity index (χ1v) is 33.9. The summed E-state index contributed by atoms with van der Waals surface area (Å²) in [5.74, 6) is -2.36. The van der Waals surface area contributed by atoms with E-state index in [1.165, 1.54) is 18.6 Å². The van der Waals surface area contributed by atoms with Crippen LogP contribution in [0.3, 0.4) is 0 Å². The van der Waals surface area contributed by atoms with E-state index in [2.05, 4.69) is 34.9 Å². The summed E-state index contributed by atoms with van der Waals surface area (Å²) in [6.07, 6.45) is 11.0. The predicted molar refractivity (Wildman–Crippen MR) is 407 cm³/mol. The Labute approximate surface area is 613 Å². The van der Waals surface area contributed by atoms with Gasteiger partial charge in [-0.25, -0.2) is 19.6 Å². The summed E-state index contributed by atoms with van der Waals surface area (Å²) < 4.78 is 25.7. The lowest BCUT2D eigenvalue weighted by Gasteiger charge is -2.11. The molecule has 540 valence electrons. The van der Waals surface area contributed by atoms with Crippen molar-refractivity contribution in [1.82, 2.24) is 29.9 Å². The minimum absolute atomic E-state index is 0.0197. The van der Waals surface area contributed by atoms with Crippen molar-refractivity contribution in [2.75, 3.05) is 38.8 Å². The number of esters is 4. The first-order chi connectivity index (χ1) is 51.1. The highest BCUT2D eigenvalue weighted by molar-refractivity contribution is 6.19. The van der Waals surface area contributed by atoms with E-state index in [1.54, 1.807) is 83.6 Å². The van der Waals surface area contributed by atoms with Crippen LogP contribution in [0.25, 0.3) is 72.6 Å². The number of hydrogen-bond acceptors (Lipinski definition) is 20. The van der Waals surface area contributed by atoms with Crippen LogP contribution in [0.4, 0.5) is 5.82 Å². The van der Waals surface area contributed by atoms with Crippen molar-refractivity contribution in [3.8, 4) is 56.3 Å². The molecule has 11 aromatic rings. The molecule has 0 saturated carbocycles. The van der Waals surface area contributed by atoms with Crippen LogP contribution in [0.5, 0.6) is 0 Å². The third kappa shape index (κ3) is 21.8. The molecule has 0 atom stereocenters. The van der Waals surface area contributed by atoms with E-state index in [9.17, 15) is 33.6 Å². The second-order valence-electron chi connectivity index (χ2n) is 23.7. The van der Waals surface area contributed by atoms with Gasteiger partial charge in [0.2, 0.25) is 17.7 Å². The Bertz CT molecular complexity index is 4950. The number of carbonyl (C=O) groups is 7. The fraction of sp³-hybridized carbons (Fsp3) is 0.181. The molecule has 6 aromatic heterocycles. The predicted octanol–water partition coefficient (Wildman–Crippen LogP) is 13.1. The van der Waals surface area contributed by atoms with Crippen LogP contribution in [0, 0.1) is 0 Å². The molecule has 1 aliphatic rings. The maximum atomic E-state index is 12.0. The van der Waals surface area contributed by atoms with Crippen LogP contribution < -0.4 is 22.9 Å². The fourth-order valence-electron chi connectivity index (χ4n) is 10.6. The number of hydrogen-bond donors (Lipinski definition) is 4. The van der Waals surface area contributed by atoms with Gasteiger partial charge in [0.15, 0.2) is 0 Å². The van der Waals surface area contributed by atoms with Crippen molar-refractivity contribution < 1.29 is 57.2 Å². The summed E-state index contributed by atoms with van der Waals surface area (Å²) in [6.45, 7) is 14.6. The molecule has 0 radical (unpaired) electrons. The molecule has 12 rings (SSSR count). The molecule has 0 saturated heterocycles. The number of rotatable bonds is 20. The van der Waals surface area contributed by atoms with Crippen molar-refractivity contribution in [3.05, 3.63) is 276 Å². The number of nitrogens with zero attached hydrogens (tertiary/aromatic N) is 7. The van der Waals surface area contributed by atoms with Gasteiger partial charge >= 0.3 is 23.9 Å². The number of carbonyl (C=O) groups excluding carboxylic acids is 7. The second kappa shape index (κ2) is 38.6. The maximum absolute atomic E-state index is 12.0. The van der Waals surface area contributed by atoms with Crippen LogP contribution in [0.1, 0.15) is 112 Å². The lowest BCUT2D eigenvalue weighted by Crippen LogP contribution is -2.17. The number of aliphatic imine (C=N–C) groups is 1. The standard InChI is InChI=1S/C20H22N2O3.C18H18N2O3.C16H16N2O3.C15H12N4O.C14H13NO2/c1-4-24-18(23)10-15-12-21-17(14-8-6-5-7-9-14)11-16(15)19-22-20(2,3)13-25-19;1-3-13(18(22)23-4-2)15-11-20-16(10-14(15)17(19)21)12-8-6-5-7-9-12;1-2-21-15(19)8-12-10-18-14(9-13(12)16(17)20)11-6-4-3-5-7-11;16-14-10-6-13(9-4-2-1-3-5-9)18-7-11(10)12(8-19-14)15(17)20;1-2-17-14(16)12-8-9-15-13(10-12)11-6-4-3-5-7-11/h5-9,11-12H,4,10,13H2,1-3H3;3,5-11H,4H2,1-2H3,(H2,19,21);3-7,9-10H,2,8H2,1H3,(H2,17,20);1-8H,(H2,16,19)(H2,17,20);3-10H,2H2,1H3/b;13-3-;;;. The van der Waals surface area contributed by atoms with Gasteiger partial charge < -0.3 is 46.6 Å². The number of allylic oxidation sites excluding steroid dienone is 1. The van der Waals surface area contributed by atoms with E-state index < -0.39 is 29.7 Å². The Kier molecular flexibility index (Phi) is 28.5. The van der Waals surface area contributed by atoms with Crippen molar-refractivity contribution in [2.45, 2.75) is 66.8 Å². The van der Waals surface area contributed by atoms with Gasteiger partial charge in [-0.1, -0.05) is 158 Å². The minimum atomic E-state index is -0.622. The summed E-state index contributed by atoms with van der Waals surface area (Å²) in [5.41, 5.74) is 34.2. The topological polar surface area (TPSA) is 359 Å². The molecular formula is C83H81N11O12. The van der Waals surface area contributed by atoms with Crippen molar-refractivity contribution in [1.29, 1.82) is 0 Å². The number of aromatic nitrogens is 6. The third-order valence-electron chi connectivity index (χ3n) is 15.6. The molecule has 8 N–H and O–H groups in total. The molecule has 0 spiro atoms. The number of primary amides is 3. The summed E-state index contributed by atoms with van der Waals surface area (Å²) in [7, 11) is 0. The Morgan fingerprint density at radius 1 is 0.443 bits per heavy atom. The molecule has 0 unspecified atom stereocenters. The van der Waals surface area contributed by atoms with Crippen molar-refractivity contribution >= 4 is 69.7 Å². The number of nitrogen functional groups attached to an aromatic ring is 1. The van der Waals surface area contributed by atoms with E-state index in [1.807, 2.05) is 178 Å². The van der Waals surface area contributed by atoms with E-state index in [-0.39, 0.29) is 53.6 Å². The van der Waals surface area contributed by atoms with Gasteiger partial charge in [-0.05, 0) is 96.0 Å². The average Bonchev–Trinajstić information content (AvgIpc) is 0.941. The summed E-state index contributed by atoms with van der Waals surface area (Å²) in [4.78, 5) is 112. The van der Waals surface area contributed by atoms with E-state index in [0.29, 0.717) is 82.6 Å². The van der Waals surface area contributed by atoms with Crippen molar-refractivity contribution in [3.63, 3.8) is 0 Å². The molecule has 7 heterocycles. The highest BCUT2D eigenvalue weighted by Gasteiger charge is 2.30. The smallest absolute Gasteiger partial charge is 0.338 e. The highest BCUT2D eigenvalue weighted by Crippen LogP contribution is 2.30. The van der Waals surface area contributed by atoms with E-state index in [4.69, 9.17) is 46.6 Å². The van der Waals surface area contributed by atoms with Crippen LogP contribution in [-0.4, -0.2) is 116 Å². The van der Waals surface area contributed by atoms with Gasteiger partial charge in [0.05, 0.1) is 95.5 Å². The Balaban J connectivity index is 0.000000168. The Hall–Kier alpha value is -13.4. The number of fused-ring (bicyclic) bond motifs is 1. The number of nitrogens with two attached hydrogens (primary N) is 4. The monoisotopic (exact) mass is 1420 g/mol. The molecule has 23 heteroatoms. The summed E-state index contributed by atoms with van der Waals surface area (Å²) in [5, 5.41) is 1.29. The lowest BCUT2D eigenvalue weighted by molar-refractivity contribution is -0.143. The highest BCUT2D eigenvalue weighted by atomic mass is 16.5. The molecule has 0 bridgehead atoms. The van der Waals surface area contributed by atoms with Gasteiger partial charge in [0.1, 0.15) is 12.4 Å². The Morgan fingerprint density at radius 2 is 0.858 bits per heavy atom. The molecule has 3 amide bonds. The van der Waals surface area contributed by atoms with Crippen LogP contribution in [0.2, 0.25) is 0 Å². The van der Waals surface area contributed by atoms with Gasteiger partial charge in [0.25, 0.3) is 5.91 Å². The largest absolute Gasteiger partial charge is 0.475 e. The zero-order valence-corrected chi connectivity index (χ0v) is 59.7. The summed E-state index contributed by atoms with van der Waals surface area (Å²) >= 11 is 0. The summed E-state index contributed by atoms with van der Waals surface area (Å²) in [6, 6.07) is 58.5. The van der Waals surface area contributed by atoms with E-state index in [0.717, 1.165) is 56.0 Å². The molecule has 1 aliphatic heterocycles. The molecular weight excluding hydrogens is 1340 g/mol. The zero-order valence-electron chi connectivity index (χ0n) is 59.7. The second-order valence-corrected chi connectivity index (χ2v) is 23.7. The SMILES string of the molecule is C/C=C(\C(=O)OCC)c1cnc(-c2ccccc2)cc1C(N)=O.CCOC(=O)Cc1cnc(-c2ccccc2)cc1C(N)=O.CCOC(=O)Cc1cnc(-c2ccccc2)cc1C1=NC(C)(C)CO1.CCOC(=O)c1ccnc(-c2ccccc2)c1.NC(=O)c1cnc(N)c2cc(-c3ccccc3)ncc12. The normalized spacial score (nSPS) is 11.7. The fourth-order valence-corrected chi connectivity index (χ4v) is 10.6. The maximum Gasteiger partial charge on any atom is 0.338 e. The van der Waals surface area contributed by atoms with Gasteiger partial charge in [-0.2, -0.15) is 0 Å². The molecule has 106 heavy (non-hydrogen) atoms. The van der Waals surface area contributed by atoms with E-state index >= 15 is 0 Å². The minimum Gasteiger partial charge on any atom is -0.475 e. The number of ether oxygens (including phenoxy) is 5. The number of amides is 3. The Morgan fingerprint density at radius 3 is 1.31 bits per heavy atom. The quantitative estimate of drug-likeness (QED) is 0.0313. The van der Waals surface area contributed by atoms with Crippen LogP contribution in [0.15, 0.2) is 236 Å². The molecule has 0 fully saturated rings. The van der Waals surface area contributed by atoms with Gasteiger partial charge in [0, 0.05) is 92.5 Å². The molecule has 5 aromatic carbocycles. The average molecular weight is 1420 g/mol. The van der Waals surface area contributed by atoms with Crippen LogP contribution >= 0.6 is 0 Å². The zero-order chi connectivity index (χ0) is 76.1. The lowest BCUT2D eigenvalue weighted by atomic mass is 9.99. The number of pyridine rings is 6. The van der Waals surface area contributed by atoms with Gasteiger partial charge in [-0.3, -0.25) is 48.9 Å². The third-order valence-corrected chi connectivity index (χ3v) is 15.6. The van der Waals surface area contributed by atoms with Gasteiger partial charge in [-0.15, -0.1) is 0 Å². The molecule has 0 aliphatic carbocycles. The molecule has 23 nitrogen and oxygen atoms in total. The first kappa shape index (κ1) is 78.3. The van der Waals surface area contributed by atoms with Crippen molar-refractivity contribution in [2.24, 2.45) is 22.2 Å². The van der Waals surface area contributed by atoms with Crippen LogP contribution in [-0.2, 0) is 50.9 Å². The number of anilines is 1. The first-order valence-electron chi connectivity index (χ1n) is 33.9.